The lowest BCUT2D eigenvalue weighted by molar-refractivity contribution is -0.135. The van der Waals surface area contributed by atoms with Crippen LogP contribution >= 0.6 is 0 Å². The molecule has 2 N–H and O–H groups in total. The van der Waals surface area contributed by atoms with Crippen LogP contribution in [-0.2, 0) is 4.79 Å². The summed E-state index contributed by atoms with van der Waals surface area (Å²) in [6, 6.07) is 0.317. The lowest BCUT2D eigenvalue weighted by atomic mass is 9.94. The summed E-state index contributed by atoms with van der Waals surface area (Å²) in [6.07, 6.45) is 12.1. The molecule has 3 heteroatoms. The highest BCUT2D eigenvalue weighted by atomic mass is 16.2. The highest BCUT2D eigenvalue weighted by molar-refractivity contribution is 5.77. The van der Waals surface area contributed by atoms with Gasteiger partial charge >= 0.3 is 0 Å². The largest absolute Gasteiger partial charge is 0.338 e. The molecule has 18 heavy (non-hydrogen) atoms. The molecule has 104 valence electrons. The van der Waals surface area contributed by atoms with Crippen molar-refractivity contribution in [2.75, 3.05) is 13.1 Å². The Labute approximate surface area is 111 Å². The molecule has 0 bridgehead atoms. The molecule has 0 radical (unpaired) electrons. The van der Waals surface area contributed by atoms with Crippen molar-refractivity contribution < 1.29 is 4.79 Å². The van der Waals surface area contributed by atoms with E-state index in [9.17, 15) is 4.79 Å². The van der Waals surface area contributed by atoms with Gasteiger partial charge in [0.1, 0.15) is 0 Å². The van der Waals surface area contributed by atoms with Crippen LogP contribution < -0.4 is 5.73 Å². The maximum Gasteiger partial charge on any atom is 0.223 e. The fourth-order valence-corrected chi connectivity index (χ4v) is 3.51. The minimum absolute atomic E-state index is 0.317. The van der Waals surface area contributed by atoms with Crippen LogP contribution in [0.5, 0.6) is 0 Å². The molecule has 1 saturated heterocycles. The van der Waals surface area contributed by atoms with Gasteiger partial charge in [0.2, 0.25) is 5.91 Å². The molecular formula is C15H28N2O. The Morgan fingerprint density at radius 1 is 1.00 bits per heavy atom. The van der Waals surface area contributed by atoms with E-state index in [1.54, 1.807) is 0 Å². The Hall–Kier alpha value is -0.570. The van der Waals surface area contributed by atoms with Crippen LogP contribution in [0, 0.1) is 5.92 Å². The van der Waals surface area contributed by atoms with Crippen molar-refractivity contribution in [3.8, 4) is 0 Å². The van der Waals surface area contributed by atoms with E-state index < -0.39 is 0 Å². The SMILES string of the molecule is NCC1CCCCN1C(=O)CC1CCCCCC1. The molecule has 0 aromatic carbocycles. The molecule has 1 amide bonds. The molecular weight excluding hydrogens is 224 g/mol. The first-order chi connectivity index (χ1) is 8.81. The monoisotopic (exact) mass is 252 g/mol. The molecule has 1 aliphatic carbocycles. The van der Waals surface area contributed by atoms with Gasteiger partial charge in [-0.15, -0.1) is 0 Å². The smallest absolute Gasteiger partial charge is 0.223 e. The Kier molecular flexibility index (Phi) is 5.48. The average Bonchev–Trinajstić information content (AvgIpc) is 2.67. The molecule has 2 fully saturated rings. The summed E-state index contributed by atoms with van der Waals surface area (Å²) in [5, 5.41) is 0. The first kappa shape index (κ1) is 13.9. The standard InChI is InChI=1S/C15H28N2O/c16-12-14-9-5-6-10-17(14)15(18)11-13-7-3-1-2-4-8-13/h13-14H,1-12,16H2. The van der Waals surface area contributed by atoms with Crippen LogP contribution in [0.3, 0.4) is 0 Å². The number of likely N-dealkylation sites (tertiary alicyclic amines) is 1. The zero-order valence-electron chi connectivity index (χ0n) is 11.6. The van der Waals surface area contributed by atoms with Crippen molar-refractivity contribution in [3.63, 3.8) is 0 Å². The summed E-state index contributed by atoms with van der Waals surface area (Å²) in [6.45, 7) is 1.57. The summed E-state index contributed by atoms with van der Waals surface area (Å²) >= 11 is 0. The lowest BCUT2D eigenvalue weighted by Crippen LogP contribution is -2.47. The predicted molar refractivity (Wildman–Crippen MR) is 74.2 cm³/mol. The Bertz CT molecular complexity index is 259. The zero-order chi connectivity index (χ0) is 12.8. The van der Waals surface area contributed by atoms with E-state index in [1.165, 1.54) is 44.9 Å². The van der Waals surface area contributed by atoms with E-state index in [0.29, 0.717) is 24.4 Å². The minimum Gasteiger partial charge on any atom is -0.338 e. The molecule has 1 heterocycles. The van der Waals surface area contributed by atoms with Crippen molar-refractivity contribution >= 4 is 5.91 Å². The maximum atomic E-state index is 12.4. The van der Waals surface area contributed by atoms with E-state index in [0.717, 1.165) is 25.8 Å². The van der Waals surface area contributed by atoms with Crippen LogP contribution in [0.25, 0.3) is 0 Å². The minimum atomic E-state index is 0.317. The highest BCUT2D eigenvalue weighted by Gasteiger charge is 2.27. The first-order valence-electron chi connectivity index (χ1n) is 7.81. The number of hydrogen-bond donors (Lipinski definition) is 1. The summed E-state index contributed by atoms with van der Waals surface area (Å²) < 4.78 is 0. The van der Waals surface area contributed by atoms with Crippen LogP contribution in [0.4, 0.5) is 0 Å². The molecule has 0 aromatic rings. The number of piperidine rings is 1. The van der Waals surface area contributed by atoms with Gasteiger partial charge < -0.3 is 10.6 Å². The molecule has 1 atom stereocenters. The van der Waals surface area contributed by atoms with Gasteiger partial charge in [-0.05, 0) is 38.0 Å². The first-order valence-corrected chi connectivity index (χ1v) is 7.81. The number of nitrogens with two attached hydrogens (primary N) is 1. The Balaban J connectivity index is 1.85. The molecule has 1 saturated carbocycles. The number of rotatable bonds is 3. The zero-order valence-corrected chi connectivity index (χ0v) is 11.6. The van der Waals surface area contributed by atoms with Gasteiger partial charge in [0.05, 0.1) is 0 Å². The van der Waals surface area contributed by atoms with Crippen molar-refractivity contribution in [2.24, 2.45) is 11.7 Å². The number of hydrogen-bond acceptors (Lipinski definition) is 2. The summed E-state index contributed by atoms with van der Waals surface area (Å²) in [5.41, 5.74) is 5.80. The van der Waals surface area contributed by atoms with Crippen molar-refractivity contribution in [1.29, 1.82) is 0 Å². The van der Waals surface area contributed by atoms with Gasteiger partial charge in [-0.1, -0.05) is 25.7 Å². The molecule has 1 aliphatic heterocycles. The van der Waals surface area contributed by atoms with E-state index in [-0.39, 0.29) is 0 Å². The lowest BCUT2D eigenvalue weighted by Gasteiger charge is -2.36. The molecule has 2 aliphatic rings. The van der Waals surface area contributed by atoms with Gasteiger partial charge in [0.15, 0.2) is 0 Å². The Morgan fingerprint density at radius 2 is 1.67 bits per heavy atom. The molecule has 2 rings (SSSR count). The summed E-state index contributed by atoms with van der Waals surface area (Å²) in [4.78, 5) is 14.5. The van der Waals surface area contributed by atoms with Gasteiger partial charge in [0, 0.05) is 25.6 Å². The summed E-state index contributed by atoms with van der Waals surface area (Å²) in [7, 11) is 0. The van der Waals surface area contributed by atoms with E-state index >= 15 is 0 Å². The van der Waals surface area contributed by atoms with Crippen molar-refractivity contribution in [3.05, 3.63) is 0 Å². The fourth-order valence-electron chi connectivity index (χ4n) is 3.51. The number of amides is 1. The average molecular weight is 252 g/mol. The van der Waals surface area contributed by atoms with Gasteiger partial charge in [-0.25, -0.2) is 0 Å². The fraction of sp³-hybridized carbons (Fsp3) is 0.933. The number of carbonyl (C=O) groups is 1. The Morgan fingerprint density at radius 3 is 2.33 bits per heavy atom. The van der Waals surface area contributed by atoms with E-state index in [4.69, 9.17) is 5.73 Å². The third-order valence-corrected chi connectivity index (χ3v) is 4.66. The van der Waals surface area contributed by atoms with Gasteiger partial charge in [-0.2, -0.15) is 0 Å². The van der Waals surface area contributed by atoms with Crippen LogP contribution in [0.15, 0.2) is 0 Å². The van der Waals surface area contributed by atoms with E-state index in [2.05, 4.69) is 4.90 Å². The second-order valence-electron chi connectivity index (χ2n) is 6.03. The molecule has 3 nitrogen and oxygen atoms in total. The van der Waals surface area contributed by atoms with E-state index in [1.807, 2.05) is 0 Å². The summed E-state index contributed by atoms with van der Waals surface area (Å²) in [5.74, 6) is 1.01. The molecule has 0 aromatic heterocycles. The molecule has 0 spiro atoms. The topological polar surface area (TPSA) is 46.3 Å². The third kappa shape index (κ3) is 3.71. The van der Waals surface area contributed by atoms with Crippen molar-refractivity contribution in [2.45, 2.75) is 70.3 Å². The highest BCUT2D eigenvalue weighted by Crippen LogP contribution is 2.27. The van der Waals surface area contributed by atoms with Gasteiger partial charge in [0.25, 0.3) is 0 Å². The molecule has 1 unspecified atom stereocenters. The number of carbonyl (C=O) groups excluding carboxylic acids is 1. The normalized spacial score (nSPS) is 26.9. The van der Waals surface area contributed by atoms with Crippen LogP contribution in [0.1, 0.15) is 64.2 Å². The number of nitrogens with zero attached hydrogens (tertiary/aromatic N) is 1. The quantitative estimate of drug-likeness (QED) is 0.785. The van der Waals surface area contributed by atoms with Crippen LogP contribution in [0.2, 0.25) is 0 Å². The van der Waals surface area contributed by atoms with Gasteiger partial charge in [-0.3, -0.25) is 4.79 Å². The van der Waals surface area contributed by atoms with Crippen LogP contribution in [-0.4, -0.2) is 29.9 Å². The maximum absolute atomic E-state index is 12.4. The van der Waals surface area contributed by atoms with Crippen molar-refractivity contribution in [1.82, 2.24) is 4.90 Å². The second kappa shape index (κ2) is 7.13. The third-order valence-electron chi connectivity index (χ3n) is 4.66. The second-order valence-corrected chi connectivity index (χ2v) is 6.03. The predicted octanol–water partition coefficient (Wildman–Crippen LogP) is 2.69.